The number of nitrogens with one attached hydrogen (secondary N) is 3. The van der Waals surface area contributed by atoms with Crippen molar-refractivity contribution in [2.24, 2.45) is 0 Å². The summed E-state index contributed by atoms with van der Waals surface area (Å²) in [6, 6.07) is -4.19. The first-order valence-electron chi connectivity index (χ1n) is 33.9. The van der Waals surface area contributed by atoms with Crippen LogP contribution < -0.4 is 16.0 Å². The van der Waals surface area contributed by atoms with Gasteiger partial charge in [-0.2, -0.15) is 0 Å². The van der Waals surface area contributed by atoms with Crippen LogP contribution in [0.1, 0.15) is 207 Å². The molecule has 4 rings (SSSR count). The molecule has 526 valence electrons. The van der Waals surface area contributed by atoms with Crippen LogP contribution in [0.25, 0.3) is 0 Å². The first-order chi connectivity index (χ1) is 43.3. The van der Waals surface area contributed by atoms with Crippen LogP contribution >= 0.6 is 0 Å². The summed E-state index contributed by atoms with van der Waals surface area (Å²) in [5.41, 5.74) is 0. The third-order valence-corrected chi connectivity index (χ3v) is 17.5. The van der Waals surface area contributed by atoms with Crippen LogP contribution in [0.3, 0.4) is 0 Å². The molecule has 0 aromatic carbocycles. The lowest BCUT2D eigenvalue weighted by molar-refractivity contribution is -0.379. The molecule has 0 unspecified atom stereocenters. The molecule has 22 atom stereocenters. The van der Waals surface area contributed by atoms with Crippen molar-refractivity contribution in [1.29, 1.82) is 0 Å². The van der Waals surface area contributed by atoms with E-state index in [1.165, 1.54) is 116 Å². The Labute approximate surface area is 533 Å². The minimum absolute atomic E-state index is 0.210. The third-order valence-electron chi connectivity index (χ3n) is 17.5. The number of allylic oxidation sites excluding steroid dienone is 1. The number of unbranched alkanes of at least 4 members (excludes halogenated alkanes) is 25. The third kappa shape index (κ3) is 26.9. The Balaban J connectivity index is 1.39. The van der Waals surface area contributed by atoms with Crippen molar-refractivity contribution in [2.45, 2.75) is 342 Å². The molecule has 0 aliphatic carbocycles. The molecule has 0 bridgehead atoms. The van der Waals surface area contributed by atoms with E-state index >= 15 is 0 Å². The molecule has 4 heterocycles. The summed E-state index contributed by atoms with van der Waals surface area (Å²) in [5.74, 6) is -1.77. The minimum atomic E-state index is -2.10. The summed E-state index contributed by atoms with van der Waals surface area (Å²) in [6.07, 6.45) is 1.99. The van der Waals surface area contributed by atoms with Crippen molar-refractivity contribution >= 4 is 17.7 Å². The second-order valence-electron chi connectivity index (χ2n) is 25.0. The lowest BCUT2D eigenvalue weighted by atomic mass is 9.94. The van der Waals surface area contributed by atoms with E-state index in [2.05, 4.69) is 29.8 Å². The zero-order valence-corrected chi connectivity index (χ0v) is 54.0. The summed E-state index contributed by atoms with van der Waals surface area (Å²) < 4.78 is 47.3. The van der Waals surface area contributed by atoms with E-state index in [-0.39, 0.29) is 12.3 Å². The zero-order valence-electron chi connectivity index (χ0n) is 54.0. The highest BCUT2D eigenvalue weighted by atomic mass is 16.8. The Bertz CT molecular complexity index is 1950. The van der Waals surface area contributed by atoms with Gasteiger partial charge in [-0.25, -0.2) is 0 Å². The van der Waals surface area contributed by atoms with Crippen LogP contribution in [0.5, 0.6) is 0 Å². The van der Waals surface area contributed by atoms with Gasteiger partial charge in [0.05, 0.1) is 45.2 Å². The largest absolute Gasteiger partial charge is 0.394 e. The smallest absolute Gasteiger partial charge is 0.220 e. The molecule has 0 spiro atoms. The second kappa shape index (κ2) is 44.9. The van der Waals surface area contributed by atoms with Crippen LogP contribution in [0.15, 0.2) is 12.2 Å². The predicted octanol–water partition coefficient (Wildman–Crippen LogP) is 1.93. The average Bonchev–Trinajstić information content (AvgIpc) is 0.828. The molecular weight excluding hydrogens is 1180 g/mol. The number of amides is 3. The van der Waals surface area contributed by atoms with Crippen molar-refractivity contribution < 1.29 is 114 Å². The normalized spacial score (nSPS) is 33.0. The minimum Gasteiger partial charge on any atom is -0.394 e. The average molecular weight is 1300 g/mol. The molecule has 4 saturated heterocycles. The molecule has 15 N–H and O–H groups in total. The fraction of sp³-hybridized carbons (Fsp3) is 0.922. The molecule has 0 aromatic heterocycles. The van der Waals surface area contributed by atoms with Crippen molar-refractivity contribution in [3.63, 3.8) is 0 Å². The maximum atomic E-state index is 13.4. The first kappa shape index (κ1) is 79.8. The van der Waals surface area contributed by atoms with E-state index in [1.54, 1.807) is 6.08 Å². The van der Waals surface area contributed by atoms with Crippen molar-refractivity contribution in [3.8, 4) is 0 Å². The first-order valence-corrected chi connectivity index (χ1v) is 33.9. The summed E-state index contributed by atoms with van der Waals surface area (Å²) in [5, 5.41) is 140. The molecule has 4 aliphatic rings. The van der Waals surface area contributed by atoms with E-state index in [0.29, 0.717) is 12.8 Å². The van der Waals surface area contributed by atoms with Gasteiger partial charge < -0.3 is 115 Å². The van der Waals surface area contributed by atoms with Crippen molar-refractivity contribution in [1.82, 2.24) is 16.0 Å². The Kier molecular flexibility index (Phi) is 39.8. The van der Waals surface area contributed by atoms with Crippen LogP contribution in [0, 0.1) is 0 Å². The number of carbonyl (C=O) groups excluding carboxylic acids is 3. The van der Waals surface area contributed by atoms with E-state index in [9.17, 15) is 75.7 Å². The molecule has 4 aliphatic heterocycles. The number of hydrogen-bond donors (Lipinski definition) is 15. The quantitative estimate of drug-likeness (QED) is 0.0306. The molecule has 26 heteroatoms. The monoisotopic (exact) mass is 1300 g/mol. The van der Waals surface area contributed by atoms with Gasteiger partial charge in [-0.3, -0.25) is 14.4 Å². The van der Waals surface area contributed by atoms with Crippen LogP contribution in [-0.4, -0.2) is 247 Å². The van der Waals surface area contributed by atoms with Gasteiger partial charge in [-0.05, 0) is 19.3 Å². The number of aliphatic hydroxyl groups excluding tert-OH is 12. The van der Waals surface area contributed by atoms with E-state index in [1.807, 2.05) is 6.08 Å². The highest BCUT2D eigenvalue weighted by Crippen LogP contribution is 2.35. The zero-order chi connectivity index (χ0) is 66.0. The van der Waals surface area contributed by atoms with Gasteiger partial charge >= 0.3 is 0 Å². The molecule has 0 aromatic rings. The van der Waals surface area contributed by atoms with E-state index < -0.39 is 180 Å². The summed E-state index contributed by atoms with van der Waals surface area (Å²) in [6.45, 7) is 2.67. The van der Waals surface area contributed by atoms with Gasteiger partial charge in [0.1, 0.15) is 97.5 Å². The number of rotatable bonds is 46. The fourth-order valence-electron chi connectivity index (χ4n) is 12.1. The number of hydrogen-bond acceptors (Lipinski definition) is 23. The van der Waals surface area contributed by atoms with Crippen molar-refractivity contribution in [2.75, 3.05) is 33.0 Å². The summed E-state index contributed by atoms with van der Waals surface area (Å²) in [7, 11) is 0. The van der Waals surface area contributed by atoms with Crippen molar-refractivity contribution in [3.05, 3.63) is 12.2 Å². The Morgan fingerprint density at radius 2 is 0.822 bits per heavy atom. The van der Waals surface area contributed by atoms with E-state index in [4.69, 9.17) is 37.9 Å². The van der Waals surface area contributed by atoms with Crippen LogP contribution in [-0.2, 0) is 52.3 Å². The van der Waals surface area contributed by atoms with Gasteiger partial charge in [-0.1, -0.05) is 180 Å². The standard InChI is InChI=1S/C64H117N3O23/c1-5-7-9-11-13-15-17-19-20-22-24-26-28-30-32-34-48(75)67-42(43(74)33-31-29-27-25-23-21-18-16-14-12-10-8-6-2)39-83-63-56(81)55(80)59(47(38-71)87-63)89-64-57(82)60(52(77)45(36-69)85-64)90-62-50(66-41(4)73)54(79)58(46(37-70)86-62)88-61-49(65-40(3)72)53(78)51(76)44(35-68)84-61/h31,33,42-47,49-64,68-71,74,76-82H,5-30,32,34-39H2,1-4H3,(H,65,72)(H,66,73)(H,67,75)/b33-31+/t42-,43+,44+,45+,46+,47+,49+,50+,51-,52+,53+,54+,55+,56+,57-,58+,59+,60-,61-,62-,63+,64-/m0/s1. The maximum absolute atomic E-state index is 13.4. The highest BCUT2D eigenvalue weighted by Gasteiger charge is 2.56. The van der Waals surface area contributed by atoms with Crippen LogP contribution in [0.2, 0.25) is 0 Å². The Hall–Kier alpha value is -2.65. The lowest BCUT2D eigenvalue weighted by Gasteiger charge is -2.50. The van der Waals surface area contributed by atoms with Gasteiger partial charge in [0.2, 0.25) is 17.7 Å². The molecule has 26 nitrogen and oxygen atoms in total. The van der Waals surface area contributed by atoms with Gasteiger partial charge in [0, 0.05) is 20.3 Å². The topological polar surface area (TPSA) is 404 Å². The fourth-order valence-corrected chi connectivity index (χ4v) is 12.1. The molecule has 4 fully saturated rings. The summed E-state index contributed by atoms with van der Waals surface area (Å²) >= 11 is 0. The number of carbonyl (C=O) groups is 3. The van der Waals surface area contributed by atoms with Crippen LogP contribution in [0.4, 0.5) is 0 Å². The molecule has 0 saturated carbocycles. The highest BCUT2D eigenvalue weighted by molar-refractivity contribution is 5.76. The van der Waals surface area contributed by atoms with E-state index in [0.717, 1.165) is 58.8 Å². The molecule has 0 radical (unpaired) electrons. The molecule has 90 heavy (non-hydrogen) atoms. The second-order valence-corrected chi connectivity index (χ2v) is 25.0. The van der Waals surface area contributed by atoms with Gasteiger partial charge in [0.15, 0.2) is 25.2 Å². The molecule has 3 amide bonds. The lowest BCUT2D eigenvalue weighted by Crippen LogP contribution is -2.70. The van der Waals surface area contributed by atoms with Gasteiger partial charge in [-0.15, -0.1) is 0 Å². The number of ether oxygens (including phenoxy) is 8. The molecular formula is C64H117N3O23. The Morgan fingerprint density at radius 1 is 0.433 bits per heavy atom. The van der Waals surface area contributed by atoms with Gasteiger partial charge in [0.25, 0.3) is 0 Å². The predicted molar refractivity (Wildman–Crippen MR) is 329 cm³/mol. The SMILES string of the molecule is CCCCCCCCCCCCC/C=C/[C@@H](O)[C@H](CO[C@@H]1O[C@H](CO)[C@@H](O[C@@H]2O[C@H](CO)[C@@H](O)[C@H](O[C@@H]3O[C@H](CO)[C@@H](O[C@@H]4O[C@H](CO)[C@H](O)[C@H](O)[C@H]4NC(C)=O)[C@H](O)[C@H]3NC(C)=O)[C@@H]2O)[C@H](O)[C@H]1O)NC(=O)CCCCCCCCCCCCCCCCC. The Morgan fingerprint density at radius 3 is 1.30 bits per heavy atom. The summed E-state index contributed by atoms with van der Waals surface area (Å²) in [4.78, 5) is 38.2. The maximum Gasteiger partial charge on any atom is 0.220 e. The number of aliphatic hydroxyl groups is 12.